The molecule has 2 heteroatoms. The van der Waals surface area contributed by atoms with E-state index < -0.39 is 0 Å². The van der Waals surface area contributed by atoms with Gasteiger partial charge in [0.25, 0.3) is 0 Å². The molecule has 0 aromatic heterocycles. The number of likely N-dealkylation sites (tertiary alicyclic amines) is 1. The zero-order valence-electron chi connectivity index (χ0n) is 8.26. The summed E-state index contributed by atoms with van der Waals surface area (Å²) in [5, 5.41) is 0. The quantitative estimate of drug-likeness (QED) is 0.530. The zero-order valence-corrected chi connectivity index (χ0v) is 10.4. The molecule has 0 N–H and O–H groups in total. The molecule has 1 saturated heterocycles. The van der Waals surface area contributed by atoms with E-state index in [0.717, 1.165) is 5.92 Å². The third-order valence-electron chi connectivity index (χ3n) is 2.55. The normalized spacial score (nSPS) is 28.2. The molecule has 2 rings (SSSR count). The summed E-state index contributed by atoms with van der Waals surface area (Å²) in [6.45, 7) is 7.12. The van der Waals surface area contributed by atoms with Crippen LogP contribution < -0.4 is 0 Å². The number of halogens is 1. The Morgan fingerprint density at radius 3 is 2.85 bits per heavy atom. The summed E-state index contributed by atoms with van der Waals surface area (Å²) in [6, 6.07) is 0. The van der Waals surface area contributed by atoms with Crippen molar-refractivity contribution in [1.29, 1.82) is 0 Å². The van der Waals surface area contributed by atoms with Gasteiger partial charge in [0.15, 0.2) is 0 Å². The van der Waals surface area contributed by atoms with Crippen molar-refractivity contribution in [3.05, 3.63) is 21.4 Å². The Balaban J connectivity index is 2.07. The van der Waals surface area contributed by atoms with Crippen LogP contribution in [-0.2, 0) is 0 Å². The lowest BCUT2D eigenvalue weighted by Gasteiger charge is -2.19. The lowest BCUT2D eigenvalue weighted by Crippen LogP contribution is -2.17. The first-order valence-electron chi connectivity index (χ1n) is 4.86. The Morgan fingerprint density at radius 2 is 2.31 bits per heavy atom. The van der Waals surface area contributed by atoms with E-state index in [2.05, 4.69) is 34.9 Å². The van der Waals surface area contributed by atoms with Crippen LogP contribution in [0.25, 0.3) is 0 Å². The van der Waals surface area contributed by atoms with Crippen molar-refractivity contribution >= 4 is 24.7 Å². The van der Waals surface area contributed by atoms with Crippen LogP contribution in [0, 0.1) is 5.92 Å². The summed E-state index contributed by atoms with van der Waals surface area (Å²) in [6.07, 6.45) is 5.96. The van der Waals surface area contributed by atoms with Crippen LogP contribution in [0.3, 0.4) is 0 Å². The molecule has 0 saturated carbocycles. The smallest absolute Gasteiger partial charge is 0.0702 e. The van der Waals surface area contributed by atoms with E-state index in [9.17, 15) is 0 Å². The second kappa shape index (κ2) is 3.95. The molecule has 0 spiro atoms. The average molecular weight is 289 g/mol. The van der Waals surface area contributed by atoms with Crippen molar-refractivity contribution in [2.45, 2.75) is 20.3 Å². The second-order valence-electron chi connectivity index (χ2n) is 3.96. The molecule has 0 unspecified atom stereocenters. The zero-order chi connectivity index (χ0) is 9.26. The van der Waals surface area contributed by atoms with E-state index in [1.54, 1.807) is 3.70 Å². The highest BCUT2D eigenvalue weighted by molar-refractivity contribution is 14.2. The van der Waals surface area contributed by atoms with Gasteiger partial charge in [-0.3, -0.25) is 0 Å². The maximum Gasteiger partial charge on any atom is 0.0702 e. The van der Waals surface area contributed by atoms with Crippen LogP contribution in [0.15, 0.2) is 21.4 Å². The minimum absolute atomic E-state index is 0.170. The monoisotopic (exact) mass is 289 g/mol. The Morgan fingerprint density at radius 1 is 1.46 bits per heavy atom. The molecular weight excluding hydrogens is 273 g/mol. The molecule has 0 aliphatic carbocycles. The van der Waals surface area contributed by atoms with Crippen LogP contribution in [0.2, 0.25) is 0 Å². The van der Waals surface area contributed by atoms with Gasteiger partial charge in [-0.05, 0) is 34.9 Å². The Labute approximate surface area is 90.3 Å². The maximum absolute atomic E-state index is 2.58. The summed E-state index contributed by atoms with van der Waals surface area (Å²) in [4.78, 5) is 2.58. The molecule has 0 bridgehead atoms. The molecule has 0 radical (unpaired) electrons. The van der Waals surface area contributed by atoms with Crippen LogP contribution >= 0.6 is 20.7 Å². The third kappa shape index (κ3) is 2.22. The highest BCUT2D eigenvalue weighted by Gasteiger charge is 2.19. The summed E-state index contributed by atoms with van der Waals surface area (Å²) >= 11 is 0.170. The first kappa shape index (κ1) is 9.44. The van der Waals surface area contributed by atoms with Crippen LogP contribution in [0.4, 0.5) is 0 Å². The number of hydrogen-bond donors (Lipinski definition) is 0. The van der Waals surface area contributed by atoms with Gasteiger partial charge in [0.1, 0.15) is 0 Å². The molecule has 1 atom stereocenters. The number of hydrogen-bond acceptors (Lipinski definition) is 1. The molecule has 72 valence electrons. The van der Waals surface area contributed by atoms with Crippen LogP contribution in [0.5, 0.6) is 0 Å². The number of rotatable bonds is 1. The van der Waals surface area contributed by atoms with Crippen molar-refractivity contribution in [3.63, 3.8) is 0 Å². The predicted octanol–water partition coefficient (Wildman–Crippen LogP) is 2.90. The van der Waals surface area contributed by atoms with Gasteiger partial charge in [-0.15, -0.1) is 0 Å². The van der Waals surface area contributed by atoms with Gasteiger partial charge in [0.05, 0.1) is 3.70 Å². The standard InChI is InChI=1S/C11H16IN/c1-9-3-4-11(12-7-9)13-6-5-10(2)8-13/h3-4,7,10H,5-6,8H2,1-2H3/t10-/m0/s1. The van der Waals surface area contributed by atoms with E-state index in [-0.39, 0.29) is 20.7 Å². The van der Waals surface area contributed by atoms with E-state index in [1.165, 1.54) is 25.1 Å². The van der Waals surface area contributed by atoms with Gasteiger partial charge in [0, 0.05) is 13.1 Å². The van der Waals surface area contributed by atoms with Gasteiger partial charge < -0.3 is 4.90 Å². The first-order valence-corrected chi connectivity index (χ1v) is 7.18. The predicted molar refractivity (Wildman–Crippen MR) is 67.3 cm³/mol. The Kier molecular flexibility index (Phi) is 2.86. The van der Waals surface area contributed by atoms with E-state index in [0.29, 0.717) is 0 Å². The first-order chi connectivity index (χ1) is 6.25. The minimum atomic E-state index is 0.170. The number of allylic oxidation sites excluding steroid dienone is 3. The van der Waals surface area contributed by atoms with E-state index in [4.69, 9.17) is 0 Å². The molecular formula is C11H16IN. The highest BCUT2D eigenvalue weighted by Crippen LogP contribution is 2.29. The fourth-order valence-corrected chi connectivity index (χ4v) is 3.96. The molecule has 13 heavy (non-hydrogen) atoms. The minimum Gasteiger partial charge on any atom is -0.367 e. The maximum atomic E-state index is 2.58. The van der Waals surface area contributed by atoms with Crippen molar-refractivity contribution in [1.82, 2.24) is 4.90 Å². The average Bonchev–Trinajstić information content (AvgIpc) is 2.53. The molecule has 2 aliphatic rings. The fraction of sp³-hybridized carbons (Fsp3) is 0.545. The van der Waals surface area contributed by atoms with Crippen molar-refractivity contribution < 1.29 is 0 Å². The molecule has 2 aliphatic heterocycles. The fourth-order valence-electron chi connectivity index (χ4n) is 1.72. The summed E-state index contributed by atoms with van der Waals surface area (Å²) in [5.41, 5.74) is 1.45. The van der Waals surface area contributed by atoms with Crippen molar-refractivity contribution in [3.8, 4) is 0 Å². The van der Waals surface area contributed by atoms with Gasteiger partial charge in [0.2, 0.25) is 0 Å². The molecule has 0 amide bonds. The third-order valence-corrected chi connectivity index (χ3v) is 5.52. The lowest BCUT2D eigenvalue weighted by atomic mass is 10.2. The van der Waals surface area contributed by atoms with Gasteiger partial charge in [-0.1, -0.05) is 33.7 Å². The van der Waals surface area contributed by atoms with E-state index in [1.807, 2.05) is 0 Å². The topological polar surface area (TPSA) is 3.24 Å². The Bertz CT molecular complexity index is 288. The summed E-state index contributed by atoms with van der Waals surface area (Å²) in [5.74, 6) is 0.900. The Hall–Kier alpha value is -0.120. The van der Waals surface area contributed by atoms with Crippen LogP contribution in [-0.4, -0.2) is 22.0 Å². The molecule has 0 aromatic carbocycles. The van der Waals surface area contributed by atoms with Gasteiger partial charge >= 0.3 is 0 Å². The number of nitrogens with zero attached hydrogens (tertiary/aromatic N) is 1. The van der Waals surface area contributed by atoms with Crippen molar-refractivity contribution in [2.75, 3.05) is 13.1 Å². The summed E-state index contributed by atoms with van der Waals surface area (Å²) in [7, 11) is 0. The summed E-state index contributed by atoms with van der Waals surface area (Å²) < 4.78 is 4.05. The largest absolute Gasteiger partial charge is 0.367 e. The SMILES string of the molecule is CC1=CC=C(N2CC[C@H](C)C2)I=C1. The van der Waals surface area contributed by atoms with Crippen LogP contribution in [0.1, 0.15) is 20.3 Å². The lowest BCUT2D eigenvalue weighted by molar-refractivity contribution is 0.443. The van der Waals surface area contributed by atoms with Gasteiger partial charge in [-0.2, -0.15) is 0 Å². The van der Waals surface area contributed by atoms with Gasteiger partial charge in [-0.25, -0.2) is 0 Å². The van der Waals surface area contributed by atoms with E-state index >= 15 is 0 Å². The highest BCUT2D eigenvalue weighted by atomic mass is 127. The molecule has 1 nitrogen and oxygen atoms in total. The molecule has 1 fully saturated rings. The van der Waals surface area contributed by atoms with Crippen molar-refractivity contribution in [2.24, 2.45) is 5.92 Å². The molecule has 0 aromatic rings. The second-order valence-corrected chi connectivity index (χ2v) is 6.31. The molecule has 2 heterocycles.